The van der Waals surface area contributed by atoms with Crippen molar-refractivity contribution in [1.29, 1.82) is 0 Å². The number of sulfonamides is 1. The molecule has 10 heteroatoms. The highest BCUT2D eigenvalue weighted by Gasteiger charge is 2.29. The zero-order valence-corrected chi connectivity index (χ0v) is 20.0. The molecule has 1 aliphatic carbocycles. The smallest absolute Gasteiger partial charge is 0.330 e. The quantitative estimate of drug-likeness (QED) is 0.522. The Morgan fingerprint density at radius 1 is 1.03 bits per heavy atom. The highest BCUT2D eigenvalue weighted by atomic mass is 32.2. The van der Waals surface area contributed by atoms with Crippen LogP contribution in [0.15, 0.2) is 63.0 Å². The van der Waals surface area contributed by atoms with E-state index in [2.05, 4.69) is 10.0 Å². The van der Waals surface area contributed by atoms with Gasteiger partial charge >= 0.3 is 5.69 Å². The van der Waals surface area contributed by atoms with Gasteiger partial charge in [0.25, 0.3) is 5.56 Å². The minimum atomic E-state index is -4.15. The van der Waals surface area contributed by atoms with Crippen LogP contribution in [-0.2, 0) is 35.3 Å². The monoisotopic (exact) mass is 484 g/mol. The number of amides is 1. The number of nitrogens with zero attached hydrogens (tertiary/aromatic N) is 2. The number of nitrogens with one attached hydrogen (secondary N) is 2. The Labute approximate surface area is 197 Å². The van der Waals surface area contributed by atoms with E-state index in [9.17, 15) is 22.8 Å². The van der Waals surface area contributed by atoms with Gasteiger partial charge in [-0.05, 0) is 43.0 Å². The number of benzene rings is 2. The van der Waals surface area contributed by atoms with E-state index in [4.69, 9.17) is 0 Å². The number of fused-ring (bicyclic) bond motifs is 1. The number of rotatable bonds is 7. The van der Waals surface area contributed by atoms with Crippen molar-refractivity contribution < 1.29 is 13.2 Å². The number of hydrogen-bond donors (Lipinski definition) is 2. The van der Waals surface area contributed by atoms with Gasteiger partial charge in [-0.1, -0.05) is 43.2 Å². The summed E-state index contributed by atoms with van der Waals surface area (Å²) in [6.45, 7) is 0. The first-order valence-electron chi connectivity index (χ1n) is 11.2. The molecule has 4 rings (SSSR count). The van der Waals surface area contributed by atoms with Crippen LogP contribution in [0, 0.1) is 0 Å². The molecule has 0 saturated heterocycles. The van der Waals surface area contributed by atoms with Crippen molar-refractivity contribution >= 4 is 26.8 Å². The molecule has 0 bridgehead atoms. The molecular formula is C24H28N4O5S. The summed E-state index contributed by atoms with van der Waals surface area (Å²) in [5.41, 5.74) is 0.0544. The van der Waals surface area contributed by atoms with E-state index in [1.807, 2.05) is 30.3 Å². The van der Waals surface area contributed by atoms with E-state index in [0.29, 0.717) is 5.52 Å². The number of hydrogen-bond acceptors (Lipinski definition) is 5. The van der Waals surface area contributed by atoms with Gasteiger partial charge in [0.2, 0.25) is 15.9 Å². The second kappa shape index (κ2) is 9.55. The summed E-state index contributed by atoms with van der Waals surface area (Å²) in [4.78, 5) is 37.7. The fourth-order valence-corrected chi connectivity index (χ4v) is 5.63. The molecule has 1 saturated carbocycles. The van der Waals surface area contributed by atoms with Crippen LogP contribution in [-0.4, -0.2) is 35.5 Å². The molecule has 0 radical (unpaired) electrons. The number of aromatic nitrogens is 2. The minimum Gasteiger partial charge on any atom is -0.352 e. The predicted molar refractivity (Wildman–Crippen MR) is 129 cm³/mol. The van der Waals surface area contributed by atoms with Crippen LogP contribution in [0.5, 0.6) is 0 Å². The van der Waals surface area contributed by atoms with Gasteiger partial charge in [-0.15, -0.1) is 0 Å². The van der Waals surface area contributed by atoms with E-state index in [0.717, 1.165) is 35.8 Å². The Hall–Kier alpha value is -3.24. The van der Waals surface area contributed by atoms with Gasteiger partial charge < -0.3 is 5.32 Å². The molecule has 2 aromatic carbocycles. The van der Waals surface area contributed by atoms with E-state index in [-0.39, 0.29) is 28.7 Å². The third-order valence-electron chi connectivity index (χ3n) is 6.35. The van der Waals surface area contributed by atoms with E-state index in [1.165, 1.54) is 36.9 Å². The fourth-order valence-electron chi connectivity index (χ4n) is 4.41. The maximum atomic E-state index is 13.3. The molecule has 1 atom stereocenters. The van der Waals surface area contributed by atoms with E-state index >= 15 is 0 Å². The summed E-state index contributed by atoms with van der Waals surface area (Å²) in [5, 5.41) is 3.08. The van der Waals surface area contributed by atoms with E-state index in [1.54, 1.807) is 0 Å². The van der Waals surface area contributed by atoms with Gasteiger partial charge in [0.1, 0.15) is 6.04 Å². The maximum Gasteiger partial charge on any atom is 0.330 e. The van der Waals surface area contributed by atoms with Gasteiger partial charge in [0, 0.05) is 20.1 Å². The molecule has 180 valence electrons. The molecule has 1 heterocycles. The molecule has 34 heavy (non-hydrogen) atoms. The van der Waals surface area contributed by atoms with Crippen molar-refractivity contribution in [2.45, 2.75) is 49.1 Å². The lowest BCUT2D eigenvalue weighted by atomic mass is 10.1. The molecule has 0 unspecified atom stereocenters. The third-order valence-corrected chi connectivity index (χ3v) is 7.82. The van der Waals surface area contributed by atoms with Crippen LogP contribution in [0.2, 0.25) is 0 Å². The first kappa shape index (κ1) is 23.9. The van der Waals surface area contributed by atoms with Crippen molar-refractivity contribution in [3.8, 4) is 0 Å². The first-order valence-corrected chi connectivity index (χ1v) is 12.7. The molecule has 1 fully saturated rings. The van der Waals surface area contributed by atoms with Crippen molar-refractivity contribution in [1.82, 2.24) is 19.2 Å². The lowest BCUT2D eigenvalue weighted by Crippen LogP contribution is -2.50. The fraction of sp³-hybridized carbons (Fsp3) is 0.375. The van der Waals surface area contributed by atoms with Crippen LogP contribution in [0.3, 0.4) is 0 Å². The minimum absolute atomic E-state index is 0.0419. The summed E-state index contributed by atoms with van der Waals surface area (Å²) in [7, 11) is -1.29. The summed E-state index contributed by atoms with van der Waals surface area (Å²) < 4.78 is 31.4. The molecule has 3 aromatic rings. The van der Waals surface area contributed by atoms with E-state index < -0.39 is 27.3 Å². The van der Waals surface area contributed by atoms with Crippen LogP contribution in [0.4, 0.5) is 0 Å². The molecule has 1 amide bonds. The Kier molecular flexibility index (Phi) is 6.72. The normalized spacial score (nSPS) is 15.5. The molecular weight excluding hydrogens is 456 g/mol. The molecule has 0 aliphatic heterocycles. The second-order valence-corrected chi connectivity index (χ2v) is 10.5. The number of aryl methyl sites for hydroxylation is 1. The Morgan fingerprint density at radius 2 is 1.71 bits per heavy atom. The third kappa shape index (κ3) is 4.83. The van der Waals surface area contributed by atoms with Crippen molar-refractivity contribution in [3.63, 3.8) is 0 Å². The lowest BCUT2D eigenvalue weighted by Gasteiger charge is -2.21. The van der Waals surface area contributed by atoms with Crippen LogP contribution < -0.4 is 21.3 Å². The van der Waals surface area contributed by atoms with Crippen LogP contribution in [0.25, 0.3) is 10.9 Å². The van der Waals surface area contributed by atoms with Gasteiger partial charge in [-0.3, -0.25) is 18.7 Å². The van der Waals surface area contributed by atoms with Gasteiger partial charge in [-0.2, -0.15) is 4.72 Å². The standard InChI is InChI=1S/C24H28N4O5S/c1-27-21-13-12-18(15-19(21)23(30)28(2)24(27)31)34(32,33)26-20(14-16-8-4-3-5-9-16)22(29)25-17-10-6-7-11-17/h3-5,8-9,12-13,15,17,20,26H,6-7,10-11,14H2,1-2H3,(H,25,29)/t20-/m0/s1. The van der Waals surface area contributed by atoms with Crippen molar-refractivity contribution in [3.05, 3.63) is 74.9 Å². The second-order valence-electron chi connectivity index (χ2n) is 8.74. The molecule has 9 nitrogen and oxygen atoms in total. The Morgan fingerprint density at radius 3 is 2.38 bits per heavy atom. The Balaban J connectivity index is 1.68. The average molecular weight is 485 g/mol. The SMILES string of the molecule is Cn1c(=O)c2cc(S(=O)(=O)N[C@@H](Cc3ccccc3)C(=O)NC3CCCC3)ccc2n(C)c1=O. The Bertz CT molecular complexity index is 1440. The van der Waals surface area contributed by atoms with Gasteiger partial charge in [0.15, 0.2) is 0 Å². The summed E-state index contributed by atoms with van der Waals surface area (Å²) in [6.07, 6.45) is 4.01. The summed E-state index contributed by atoms with van der Waals surface area (Å²) in [5.74, 6) is -0.376. The van der Waals surface area contributed by atoms with Gasteiger partial charge in [-0.25, -0.2) is 13.2 Å². The maximum absolute atomic E-state index is 13.3. The molecule has 2 N–H and O–H groups in total. The highest BCUT2D eigenvalue weighted by molar-refractivity contribution is 7.89. The zero-order chi connectivity index (χ0) is 24.5. The summed E-state index contributed by atoms with van der Waals surface area (Å²) >= 11 is 0. The summed E-state index contributed by atoms with van der Waals surface area (Å²) in [6, 6.07) is 12.2. The molecule has 1 aromatic heterocycles. The highest BCUT2D eigenvalue weighted by Crippen LogP contribution is 2.19. The van der Waals surface area contributed by atoms with Crippen molar-refractivity contribution in [2.75, 3.05) is 0 Å². The average Bonchev–Trinajstić information content (AvgIpc) is 3.34. The van der Waals surface area contributed by atoms with Gasteiger partial charge in [0.05, 0.1) is 15.8 Å². The van der Waals surface area contributed by atoms with Crippen LogP contribution in [0.1, 0.15) is 31.2 Å². The topological polar surface area (TPSA) is 119 Å². The van der Waals surface area contributed by atoms with Crippen LogP contribution >= 0.6 is 0 Å². The number of carbonyl (C=O) groups is 1. The lowest BCUT2D eigenvalue weighted by molar-refractivity contribution is -0.123. The molecule has 1 aliphatic rings. The van der Waals surface area contributed by atoms with Crippen molar-refractivity contribution in [2.24, 2.45) is 14.1 Å². The zero-order valence-electron chi connectivity index (χ0n) is 19.2. The molecule has 0 spiro atoms. The number of carbonyl (C=O) groups excluding carboxylic acids is 1. The predicted octanol–water partition coefficient (Wildman–Crippen LogP) is 1.19. The largest absolute Gasteiger partial charge is 0.352 e. The first-order chi connectivity index (χ1) is 16.2.